The van der Waals surface area contributed by atoms with Crippen molar-refractivity contribution in [1.82, 2.24) is 14.8 Å². The van der Waals surface area contributed by atoms with Crippen molar-refractivity contribution in [3.63, 3.8) is 0 Å². The summed E-state index contributed by atoms with van der Waals surface area (Å²) in [6.07, 6.45) is 0. The van der Waals surface area contributed by atoms with Crippen LogP contribution < -0.4 is 5.69 Å². The van der Waals surface area contributed by atoms with Gasteiger partial charge in [0.2, 0.25) is 5.82 Å². The normalized spacial score (nSPS) is 10.3. The second-order valence-electron chi connectivity index (χ2n) is 3.43. The third-order valence-corrected chi connectivity index (χ3v) is 2.22. The van der Waals surface area contributed by atoms with Gasteiger partial charge in [-0.1, -0.05) is 0 Å². The summed E-state index contributed by atoms with van der Waals surface area (Å²) in [5.41, 5.74) is -1.60. The van der Waals surface area contributed by atoms with E-state index in [4.69, 9.17) is 5.11 Å². The summed E-state index contributed by atoms with van der Waals surface area (Å²) >= 11 is 0. The summed E-state index contributed by atoms with van der Waals surface area (Å²) < 4.78 is 0.534. The first kappa shape index (κ1) is 12.3. The van der Waals surface area contributed by atoms with E-state index in [1.54, 1.807) is 0 Å². The quantitative estimate of drug-likeness (QED) is 0.516. The fourth-order valence-electron chi connectivity index (χ4n) is 1.38. The smallest absolute Gasteiger partial charge is 0.373 e. The summed E-state index contributed by atoms with van der Waals surface area (Å²) in [5.74, 6) is -2.56. The monoisotopic (exact) mass is 266 g/mol. The van der Waals surface area contributed by atoms with Crippen molar-refractivity contribution in [3.05, 3.63) is 44.6 Å². The number of aromatic carboxylic acids is 1. The van der Waals surface area contributed by atoms with Crippen LogP contribution in [0.2, 0.25) is 0 Å². The first-order chi connectivity index (χ1) is 8.90. The summed E-state index contributed by atoms with van der Waals surface area (Å²) in [5, 5.41) is 32.2. The first-order valence-electron chi connectivity index (χ1n) is 4.80. The van der Waals surface area contributed by atoms with Crippen LogP contribution in [0.4, 0.5) is 5.69 Å². The maximum absolute atomic E-state index is 11.5. The summed E-state index contributed by atoms with van der Waals surface area (Å²) in [6.45, 7) is 0. The van der Waals surface area contributed by atoms with E-state index in [9.17, 15) is 24.8 Å². The topological polar surface area (TPSA) is 151 Å². The third kappa shape index (κ3) is 2.13. The van der Waals surface area contributed by atoms with Crippen LogP contribution in [0, 0.1) is 10.1 Å². The Kier molecular flexibility index (Phi) is 2.75. The van der Waals surface area contributed by atoms with E-state index in [2.05, 4.69) is 5.10 Å². The van der Waals surface area contributed by atoms with Crippen molar-refractivity contribution in [3.8, 4) is 11.4 Å². The van der Waals surface area contributed by atoms with Gasteiger partial charge in [0.25, 0.3) is 5.69 Å². The molecule has 0 unspecified atom stereocenters. The van der Waals surface area contributed by atoms with Gasteiger partial charge in [-0.15, -0.1) is 5.10 Å². The molecule has 0 bridgehead atoms. The molecule has 0 saturated heterocycles. The molecule has 2 aromatic rings. The average molecular weight is 266 g/mol. The predicted octanol–water partition coefficient (Wildman–Crippen LogP) is -0.127. The fourth-order valence-corrected chi connectivity index (χ4v) is 1.38. The van der Waals surface area contributed by atoms with Gasteiger partial charge >= 0.3 is 11.7 Å². The minimum Gasteiger partial charge on any atom is -0.506 e. The zero-order valence-corrected chi connectivity index (χ0v) is 9.10. The predicted molar refractivity (Wildman–Crippen MR) is 59.5 cm³/mol. The number of hydrogen-bond donors (Lipinski definition) is 3. The van der Waals surface area contributed by atoms with E-state index in [0.29, 0.717) is 4.68 Å². The van der Waals surface area contributed by atoms with Gasteiger partial charge in [0.05, 0.1) is 4.92 Å². The lowest BCUT2D eigenvalue weighted by molar-refractivity contribution is -0.384. The number of H-pyrrole nitrogens is 1. The number of nitrogens with one attached hydrogen (secondary N) is 1. The van der Waals surface area contributed by atoms with Crippen molar-refractivity contribution in [1.29, 1.82) is 0 Å². The van der Waals surface area contributed by atoms with Crippen LogP contribution in [-0.2, 0) is 0 Å². The molecule has 10 nitrogen and oxygen atoms in total. The Labute approximate surface area is 103 Å². The first-order valence-corrected chi connectivity index (χ1v) is 4.80. The molecule has 10 heteroatoms. The Morgan fingerprint density at radius 2 is 2.16 bits per heavy atom. The summed E-state index contributed by atoms with van der Waals surface area (Å²) in [4.78, 5) is 33.9. The summed E-state index contributed by atoms with van der Waals surface area (Å²) in [7, 11) is 0. The number of aromatic hydroxyl groups is 1. The molecule has 19 heavy (non-hydrogen) atoms. The van der Waals surface area contributed by atoms with Gasteiger partial charge in [0, 0.05) is 12.1 Å². The van der Waals surface area contributed by atoms with Gasteiger partial charge in [0.15, 0.2) is 0 Å². The highest BCUT2D eigenvalue weighted by Gasteiger charge is 2.17. The van der Waals surface area contributed by atoms with Crippen LogP contribution in [-0.4, -0.2) is 35.9 Å². The van der Waals surface area contributed by atoms with Crippen molar-refractivity contribution in [2.45, 2.75) is 0 Å². The van der Waals surface area contributed by atoms with E-state index in [0.717, 1.165) is 18.2 Å². The van der Waals surface area contributed by atoms with E-state index < -0.39 is 28.2 Å². The minimum atomic E-state index is -1.47. The van der Waals surface area contributed by atoms with Crippen molar-refractivity contribution >= 4 is 11.7 Å². The van der Waals surface area contributed by atoms with Gasteiger partial charge in [0.1, 0.15) is 11.4 Å². The Morgan fingerprint density at radius 1 is 1.47 bits per heavy atom. The number of phenolic OH excluding ortho intramolecular Hbond substituents is 1. The van der Waals surface area contributed by atoms with Crippen LogP contribution in [0.15, 0.2) is 23.0 Å². The number of carboxylic acids is 1. The van der Waals surface area contributed by atoms with Crippen LogP contribution >= 0.6 is 0 Å². The zero-order chi connectivity index (χ0) is 14.2. The highest BCUT2D eigenvalue weighted by Crippen LogP contribution is 2.24. The molecule has 0 saturated carbocycles. The molecular weight excluding hydrogens is 260 g/mol. The zero-order valence-electron chi connectivity index (χ0n) is 9.10. The molecule has 0 aliphatic heterocycles. The van der Waals surface area contributed by atoms with E-state index in [1.807, 2.05) is 4.98 Å². The number of nitro benzene ring substituents is 1. The second-order valence-corrected chi connectivity index (χ2v) is 3.43. The number of carboxylic acid groups (broad SMARTS) is 1. The van der Waals surface area contributed by atoms with Crippen molar-refractivity contribution in [2.24, 2.45) is 0 Å². The fraction of sp³-hybridized carbons (Fsp3) is 0. The van der Waals surface area contributed by atoms with Gasteiger partial charge in [-0.3, -0.25) is 15.1 Å². The number of benzene rings is 1. The number of rotatable bonds is 3. The molecule has 0 aliphatic carbocycles. The Balaban J connectivity index is 2.64. The molecule has 0 amide bonds. The molecule has 2 rings (SSSR count). The number of phenols is 1. The Hall–Kier alpha value is -3.17. The van der Waals surface area contributed by atoms with E-state index in [1.165, 1.54) is 0 Å². The minimum absolute atomic E-state index is 0.289. The molecule has 98 valence electrons. The molecule has 3 N–H and O–H groups in total. The van der Waals surface area contributed by atoms with Gasteiger partial charge < -0.3 is 10.2 Å². The Bertz CT molecular complexity index is 731. The molecule has 0 aliphatic rings. The molecule has 1 aromatic heterocycles. The van der Waals surface area contributed by atoms with Gasteiger partial charge in [-0.05, 0) is 6.07 Å². The molecule has 0 radical (unpaired) electrons. The maximum Gasteiger partial charge on any atom is 0.373 e. The molecular formula is C9H6N4O6. The van der Waals surface area contributed by atoms with Gasteiger partial charge in [-0.2, -0.15) is 4.68 Å². The standard InChI is InChI=1S/C9H6N4O6/c14-6-2-1-4(13(18)19)3-5(6)12-9(17)10-7(11-12)8(15)16/h1-3,14H,(H,15,16)(H,10,11,17). The van der Waals surface area contributed by atoms with Gasteiger partial charge in [-0.25, -0.2) is 9.59 Å². The highest BCUT2D eigenvalue weighted by molar-refractivity contribution is 5.82. The lowest BCUT2D eigenvalue weighted by atomic mass is 10.2. The van der Waals surface area contributed by atoms with Crippen molar-refractivity contribution < 1.29 is 19.9 Å². The third-order valence-electron chi connectivity index (χ3n) is 2.22. The molecule has 0 fully saturated rings. The number of non-ortho nitro benzene ring substituents is 1. The summed E-state index contributed by atoms with van der Waals surface area (Å²) in [6, 6.07) is 2.95. The van der Waals surface area contributed by atoms with Crippen LogP contribution in [0.1, 0.15) is 10.6 Å². The Morgan fingerprint density at radius 3 is 2.68 bits per heavy atom. The number of aromatic nitrogens is 3. The van der Waals surface area contributed by atoms with Crippen molar-refractivity contribution in [2.75, 3.05) is 0 Å². The lowest BCUT2D eigenvalue weighted by Gasteiger charge is -2.02. The van der Waals surface area contributed by atoms with Crippen LogP contribution in [0.3, 0.4) is 0 Å². The molecule has 1 aromatic carbocycles. The lowest BCUT2D eigenvalue weighted by Crippen LogP contribution is -2.16. The number of aromatic amines is 1. The average Bonchev–Trinajstić information content (AvgIpc) is 2.72. The molecule has 1 heterocycles. The van der Waals surface area contributed by atoms with Crippen LogP contribution in [0.5, 0.6) is 5.75 Å². The number of hydrogen-bond acceptors (Lipinski definition) is 6. The SMILES string of the molecule is O=C(O)c1nn(-c2cc([N+](=O)[O-])ccc2O)c(=O)[nH]1. The van der Waals surface area contributed by atoms with Crippen LogP contribution in [0.25, 0.3) is 5.69 Å². The maximum atomic E-state index is 11.5. The largest absolute Gasteiger partial charge is 0.506 e. The number of nitrogens with zero attached hydrogens (tertiary/aromatic N) is 3. The van der Waals surface area contributed by atoms with E-state index in [-0.39, 0.29) is 11.4 Å². The molecule has 0 atom stereocenters. The van der Waals surface area contributed by atoms with E-state index >= 15 is 0 Å². The molecule has 0 spiro atoms. The number of nitro groups is 1. The highest BCUT2D eigenvalue weighted by atomic mass is 16.6. The second kappa shape index (κ2) is 4.25. The number of carbonyl (C=O) groups is 1.